The van der Waals surface area contributed by atoms with Crippen LogP contribution in [0.3, 0.4) is 0 Å². The number of hydrogen-bond donors (Lipinski definition) is 1. The number of hydrogen-bond acceptors (Lipinski definition) is 8. The van der Waals surface area contributed by atoms with E-state index in [-0.39, 0.29) is 6.04 Å². The van der Waals surface area contributed by atoms with E-state index in [1.165, 1.54) is 28.4 Å². The van der Waals surface area contributed by atoms with Crippen molar-refractivity contribution < 1.29 is 4.74 Å². The molecule has 2 aromatic carbocycles. The molecule has 0 spiro atoms. The molecule has 4 heterocycles. The van der Waals surface area contributed by atoms with Gasteiger partial charge in [-0.05, 0) is 50.7 Å². The number of nitrogens with one attached hydrogen (secondary N) is 1. The highest BCUT2D eigenvalue weighted by molar-refractivity contribution is 5.94. The quantitative estimate of drug-likeness (QED) is 0.536. The summed E-state index contributed by atoms with van der Waals surface area (Å²) < 4.78 is 6.31. The summed E-state index contributed by atoms with van der Waals surface area (Å²) in [5.74, 6) is 0.994. The lowest BCUT2D eigenvalue weighted by atomic mass is 10.1. The van der Waals surface area contributed by atoms with Crippen LogP contribution in [0.2, 0.25) is 0 Å². The second kappa shape index (κ2) is 11.1. The number of piperazine rings is 1. The van der Waals surface area contributed by atoms with Crippen LogP contribution < -0.4 is 19.9 Å². The van der Waals surface area contributed by atoms with E-state index in [1.807, 2.05) is 0 Å². The Labute approximate surface area is 225 Å². The van der Waals surface area contributed by atoms with Crippen LogP contribution in [-0.4, -0.2) is 73.3 Å². The first kappa shape index (κ1) is 24.9. The Balaban J connectivity index is 1.35. The summed E-state index contributed by atoms with van der Waals surface area (Å²) in [6.07, 6.45) is 4.83. The maximum atomic E-state index is 9.29. The summed E-state index contributed by atoms with van der Waals surface area (Å²) in [4.78, 5) is 17.2. The molecule has 0 saturated carbocycles. The van der Waals surface area contributed by atoms with Crippen molar-refractivity contribution in [3.05, 3.63) is 53.7 Å². The van der Waals surface area contributed by atoms with Gasteiger partial charge in [0.15, 0.2) is 0 Å². The van der Waals surface area contributed by atoms with Crippen LogP contribution in [0.5, 0.6) is 6.01 Å². The monoisotopic (exact) mass is 511 g/mol. The fourth-order valence-electron chi connectivity index (χ4n) is 6.23. The average molecular weight is 512 g/mol. The lowest BCUT2D eigenvalue weighted by Gasteiger charge is -2.35. The zero-order chi connectivity index (χ0) is 25.9. The van der Waals surface area contributed by atoms with E-state index in [9.17, 15) is 5.26 Å². The smallest absolute Gasteiger partial charge is 0.318 e. The molecule has 2 atom stereocenters. The van der Waals surface area contributed by atoms with E-state index >= 15 is 0 Å². The van der Waals surface area contributed by atoms with Crippen molar-refractivity contribution in [1.29, 1.82) is 5.26 Å². The van der Waals surface area contributed by atoms with Crippen LogP contribution in [0.4, 0.5) is 11.5 Å². The first-order valence-electron chi connectivity index (χ1n) is 14.0. The van der Waals surface area contributed by atoms with Gasteiger partial charge in [0.25, 0.3) is 0 Å². The Bertz CT molecular complexity index is 1320. The molecule has 0 bridgehead atoms. The zero-order valence-electron chi connectivity index (χ0n) is 22.3. The fraction of sp³-hybridized carbons (Fsp3) is 0.500. The maximum Gasteiger partial charge on any atom is 0.318 e. The zero-order valence-corrected chi connectivity index (χ0v) is 22.3. The lowest BCUT2D eigenvalue weighted by Crippen LogP contribution is -2.51. The number of likely N-dealkylation sites (tertiary alicyclic amines) is 1. The Morgan fingerprint density at radius 2 is 1.95 bits per heavy atom. The number of nitriles is 1. The third kappa shape index (κ3) is 5.13. The Kier molecular flexibility index (Phi) is 7.30. The van der Waals surface area contributed by atoms with Gasteiger partial charge in [-0.15, -0.1) is 0 Å². The van der Waals surface area contributed by atoms with Gasteiger partial charge in [0.05, 0.1) is 24.7 Å². The number of anilines is 2. The van der Waals surface area contributed by atoms with Crippen molar-refractivity contribution >= 4 is 22.3 Å². The maximum absolute atomic E-state index is 9.29. The molecular formula is C30H37N7O. The molecule has 8 heteroatoms. The molecule has 198 valence electrons. The van der Waals surface area contributed by atoms with Crippen molar-refractivity contribution in [2.45, 2.75) is 50.7 Å². The van der Waals surface area contributed by atoms with Gasteiger partial charge in [-0.25, -0.2) is 0 Å². The van der Waals surface area contributed by atoms with Gasteiger partial charge in [-0.3, -0.25) is 0 Å². The van der Waals surface area contributed by atoms with Gasteiger partial charge in [0.1, 0.15) is 12.4 Å². The van der Waals surface area contributed by atoms with E-state index in [0.29, 0.717) is 25.1 Å². The third-order valence-electron chi connectivity index (χ3n) is 8.32. The van der Waals surface area contributed by atoms with Gasteiger partial charge >= 0.3 is 6.01 Å². The van der Waals surface area contributed by atoms with Gasteiger partial charge in [0, 0.05) is 54.9 Å². The number of likely N-dealkylation sites (N-methyl/N-ethyl adjacent to an activating group) is 1. The standard InChI is InChI=1S/C30H37N7O/c1-35-16-5-9-24(35)21-38-30-33-27-20-36(28-12-4-8-22-7-2-3-10-25(22)28)17-6-11-26(27)29(34-30)37-18-15-32-23(19-37)13-14-31/h2-4,7-8,10,12,23-24,32H,5-6,9,11,13,15-21H2,1H3/t23?,24-/m0/s1. The molecule has 38 heavy (non-hydrogen) atoms. The van der Waals surface area contributed by atoms with E-state index in [4.69, 9.17) is 14.7 Å². The Morgan fingerprint density at radius 3 is 2.82 bits per heavy atom. The van der Waals surface area contributed by atoms with Crippen molar-refractivity contribution in [1.82, 2.24) is 20.2 Å². The largest absolute Gasteiger partial charge is 0.462 e. The minimum atomic E-state index is 0.147. The molecule has 0 amide bonds. The molecule has 0 radical (unpaired) electrons. The Hall–Kier alpha value is -3.41. The highest BCUT2D eigenvalue weighted by atomic mass is 16.5. The van der Waals surface area contributed by atoms with Crippen LogP contribution in [0.15, 0.2) is 42.5 Å². The number of rotatable bonds is 6. The number of aromatic nitrogens is 2. The van der Waals surface area contributed by atoms with E-state index in [1.54, 1.807) is 0 Å². The molecule has 0 aliphatic carbocycles. The molecule has 8 nitrogen and oxygen atoms in total. The van der Waals surface area contributed by atoms with Gasteiger partial charge in [-0.2, -0.15) is 15.2 Å². The molecule has 2 fully saturated rings. The van der Waals surface area contributed by atoms with E-state index in [0.717, 1.165) is 70.0 Å². The van der Waals surface area contributed by atoms with Gasteiger partial charge in [-0.1, -0.05) is 36.4 Å². The topological polar surface area (TPSA) is 80.5 Å². The number of benzene rings is 2. The average Bonchev–Trinajstić information content (AvgIpc) is 3.23. The van der Waals surface area contributed by atoms with Crippen LogP contribution >= 0.6 is 0 Å². The first-order chi connectivity index (χ1) is 18.7. The second-order valence-corrected chi connectivity index (χ2v) is 10.8. The third-order valence-corrected chi connectivity index (χ3v) is 8.32. The number of fused-ring (bicyclic) bond motifs is 2. The van der Waals surface area contributed by atoms with E-state index < -0.39 is 0 Å². The summed E-state index contributed by atoms with van der Waals surface area (Å²) >= 11 is 0. The second-order valence-electron chi connectivity index (χ2n) is 10.8. The first-order valence-corrected chi connectivity index (χ1v) is 14.0. The number of ether oxygens (including phenoxy) is 1. The molecule has 3 aliphatic rings. The molecule has 3 aromatic rings. The molecule has 1 aromatic heterocycles. The van der Waals surface area contributed by atoms with Crippen molar-refractivity contribution in [2.24, 2.45) is 0 Å². The van der Waals surface area contributed by atoms with E-state index in [2.05, 4.69) is 75.6 Å². The van der Waals surface area contributed by atoms with Crippen molar-refractivity contribution in [3.63, 3.8) is 0 Å². The lowest BCUT2D eigenvalue weighted by molar-refractivity contribution is 0.187. The summed E-state index contributed by atoms with van der Waals surface area (Å²) in [5, 5.41) is 15.3. The van der Waals surface area contributed by atoms with Crippen molar-refractivity contribution in [2.75, 3.05) is 56.2 Å². The molecule has 1 N–H and O–H groups in total. The normalized spacial score (nSPS) is 22.2. The minimum absolute atomic E-state index is 0.147. The molecule has 3 aliphatic heterocycles. The van der Waals surface area contributed by atoms with Crippen LogP contribution in [0, 0.1) is 11.3 Å². The van der Waals surface area contributed by atoms with Crippen LogP contribution in [0.25, 0.3) is 10.8 Å². The summed E-state index contributed by atoms with van der Waals surface area (Å²) in [7, 11) is 2.17. The predicted molar refractivity (Wildman–Crippen MR) is 151 cm³/mol. The highest BCUT2D eigenvalue weighted by Crippen LogP contribution is 2.34. The van der Waals surface area contributed by atoms with Crippen molar-refractivity contribution in [3.8, 4) is 12.1 Å². The molecular weight excluding hydrogens is 474 g/mol. The van der Waals surface area contributed by atoms with Gasteiger partial charge in [0.2, 0.25) is 0 Å². The summed E-state index contributed by atoms with van der Waals surface area (Å²) in [5.41, 5.74) is 3.55. The molecule has 1 unspecified atom stereocenters. The SMILES string of the molecule is CN1CCC[C@H]1COc1nc2c(c(N3CCNC(CC#N)C3)n1)CCCN(c1cccc3ccccc13)C2. The Morgan fingerprint density at radius 1 is 1.05 bits per heavy atom. The highest BCUT2D eigenvalue weighted by Gasteiger charge is 2.29. The molecule has 6 rings (SSSR count). The predicted octanol–water partition coefficient (Wildman–Crippen LogP) is 3.75. The summed E-state index contributed by atoms with van der Waals surface area (Å²) in [6, 6.07) is 18.5. The van der Waals surface area contributed by atoms with Crippen LogP contribution in [0.1, 0.15) is 36.9 Å². The van der Waals surface area contributed by atoms with Gasteiger partial charge < -0.3 is 24.8 Å². The summed E-state index contributed by atoms with van der Waals surface area (Å²) in [6.45, 7) is 5.90. The van der Waals surface area contributed by atoms with Crippen LogP contribution in [-0.2, 0) is 13.0 Å². The number of nitrogens with zero attached hydrogens (tertiary/aromatic N) is 6. The fourth-order valence-corrected chi connectivity index (χ4v) is 6.23. The minimum Gasteiger partial charge on any atom is -0.462 e. The molecule has 2 saturated heterocycles.